The van der Waals surface area contributed by atoms with Crippen LogP contribution in [0.5, 0.6) is 0 Å². The molecule has 0 spiro atoms. The van der Waals surface area contributed by atoms with E-state index in [-0.39, 0.29) is 35.5 Å². The van der Waals surface area contributed by atoms with Crippen LogP contribution in [0.1, 0.15) is 17.3 Å². The second-order valence-corrected chi connectivity index (χ2v) is 2.09. The van der Waals surface area contributed by atoms with Crippen molar-refractivity contribution in [3.63, 3.8) is 0 Å². The van der Waals surface area contributed by atoms with Gasteiger partial charge in [0, 0.05) is 29.6 Å². The third kappa shape index (κ3) is 3.39. The van der Waals surface area contributed by atoms with Crippen LogP contribution in [0.2, 0.25) is 0 Å². The molecule has 0 aliphatic rings. The summed E-state index contributed by atoms with van der Waals surface area (Å²) < 4.78 is 4.79. The molecule has 0 unspecified atom stereocenters. The second kappa shape index (κ2) is 6.23. The molecule has 0 amide bonds. The Labute approximate surface area is 94.2 Å². The Kier molecular flexibility index (Phi) is 6.07. The van der Waals surface area contributed by atoms with Crippen molar-refractivity contribution in [2.45, 2.75) is 6.92 Å². The SMILES string of the molecule is CCOC(=O)c1ccccc1.[Na]. The molecular formula is C9H10NaO2. The Morgan fingerprint density at radius 1 is 1.33 bits per heavy atom. The molecule has 12 heavy (non-hydrogen) atoms. The zero-order valence-corrected chi connectivity index (χ0v) is 9.41. The summed E-state index contributed by atoms with van der Waals surface area (Å²) in [4.78, 5) is 11.0. The fourth-order valence-corrected chi connectivity index (χ4v) is 0.789. The summed E-state index contributed by atoms with van der Waals surface area (Å²) in [5, 5.41) is 0. The minimum absolute atomic E-state index is 0. The largest absolute Gasteiger partial charge is 0.462 e. The molecule has 1 radical (unpaired) electrons. The van der Waals surface area contributed by atoms with Crippen molar-refractivity contribution in [2.24, 2.45) is 0 Å². The van der Waals surface area contributed by atoms with E-state index in [1.54, 1.807) is 19.1 Å². The maximum atomic E-state index is 11.0. The number of benzene rings is 1. The van der Waals surface area contributed by atoms with Gasteiger partial charge in [0.1, 0.15) is 0 Å². The normalized spacial score (nSPS) is 8.42. The molecule has 59 valence electrons. The predicted octanol–water partition coefficient (Wildman–Crippen LogP) is 1.48. The Balaban J connectivity index is 0.00000121. The van der Waals surface area contributed by atoms with Gasteiger partial charge in [0.2, 0.25) is 0 Å². The number of rotatable bonds is 2. The minimum Gasteiger partial charge on any atom is -0.462 e. The zero-order chi connectivity index (χ0) is 8.10. The maximum absolute atomic E-state index is 11.0. The molecular weight excluding hydrogens is 163 g/mol. The van der Waals surface area contributed by atoms with Crippen molar-refractivity contribution in [3.05, 3.63) is 35.9 Å². The van der Waals surface area contributed by atoms with E-state index >= 15 is 0 Å². The summed E-state index contributed by atoms with van der Waals surface area (Å²) in [5.74, 6) is -0.256. The van der Waals surface area contributed by atoms with Gasteiger partial charge in [0.15, 0.2) is 0 Å². The van der Waals surface area contributed by atoms with E-state index < -0.39 is 0 Å². The van der Waals surface area contributed by atoms with E-state index in [0.29, 0.717) is 12.2 Å². The van der Waals surface area contributed by atoms with Crippen molar-refractivity contribution in [2.75, 3.05) is 6.61 Å². The molecule has 3 heteroatoms. The van der Waals surface area contributed by atoms with Crippen molar-refractivity contribution in [1.29, 1.82) is 0 Å². The Hall–Kier alpha value is -0.310. The van der Waals surface area contributed by atoms with Crippen LogP contribution in [0.15, 0.2) is 30.3 Å². The van der Waals surface area contributed by atoms with Gasteiger partial charge in [-0.25, -0.2) is 4.79 Å². The van der Waals surface area contributed by atoms with E-state index in [9.17, 15) is 4.79 Å². The summed E-state index contributed by atoms with van der Waals surface area (Å²) in [6, 6.07) is 8.96. The molecule has 0 heterocycles. The van der Waals surface area contributed by atoms with E-state index in [1.165, 1.54) is 0 Å². The van der Waals surface area contributed by atoms with Crippen LogP contribution >= 0.6 is 0 Å². The Morgan fingerprint density at radius 3 is 2.42 bits per heavy atom. The number of esters is 1. The molecule has 0 saturated carbocycles. The van der Waals surface area contributed by atoms with Crippen LogP contribution in [0, 0.1) is 0 Å². The van der Waals surface area contributed by atoms with Crippen LogP contribution < -0.4 is 0 Å². The molecule has 0 fully saturated rings. The van der Waals surface area contributed by atoms with Gasteiger partial charge < -0.3 is 4.74 Å². The van der Waals surface area contributed by atoms with Crippen molar-refractivity contribution in [1.82, 2.24) is 0 Å². The van der Waals surface area contributed by atoms with Crippen molar-refractivity contribution in [3.8, 4) is 0 Å². The molecule has 0 N–H and O–H groups in total. The first-order valence-electron chi connectivity index (χ1n) is 3.56. The number of hydrogen-bond donors (Lipinski definition) is 0. The van der Waals surface area contributed by atoms with Gasteiger partial charge in [0.25, 0.3) is 0 Å². The van der Waals surface area contributed by atoms with Gasteiger partial charge in [-0.1, -0.05) is 18.2 Å². The fraction of sp³-hybridized carbons (Fsp3) is 0.222. The predicted molar refractivity (Wildman–Crippen MR) is 48.2 cm³/mol. The standard InChI is InChI=1S/C9H10O2.Na/c1-2-11-9(10)8-6-4-3-5-7-8;/h3-7H,2H2,1H3;. The maximum Gasteiger partial charge on any atom is 0.338 e. The number of hydrogen-bond acceptors (Lipinski definition) is 2. The van der Waals surface area contributed by atoms with E-state index in [2.05, 4.69) is 0 Å². The molecule has 1 aromatic rings. The van der Waals surface area contributed by atoms with Crippen LogP contribution in [-0.2, 0) is 4.74 Å². The minimum atomic E-state index is -0.256. The summed E-state index contributed by atoms with van der Waals surface area (Å²) in [5.41, 5.74) is 0.606. The Morgan fingerprint density at radius 2 is 1.92 bits per heavy atom. The number of carbonyl (C=O) groups excluding carboxylic acids is 1. The molecule has 1 rings (SSSR count). The molecule has 0 aliphatic heterocycles. The first kappa shape index (κ1) is 11.7. The topological polar surface area (TPSA) is 26.3 Å². The van der Waals surface area contributed by atoms with Crippen LogP contribution in [0.25, 0.3) is 0 Å². The molecule has 0 aliphatic carbocycles. The fourth-order valence-electron chi connectivity index (χ4n) is 0.789. The smallest absolute Gasteiger partial charge is 0.338 e. The zero-order valence-electron chi connectivity index (χ0n) is 7.41. The van der Waals surface area contributed by atoms with Gasteiger partial charge in [-0.3, -0.25) is 0 Å². The van der Waals surface area contributed by atoms with Gasteiger partial charge in [-0.15, -0.1) is 0 Å². The third-order valence-corrected chi connectivity index (χ3v) is 1.28. The van der Waals surface area contributed by atoms with Gasteiger partial charge in [0.05, 0.1) is 12.2 Å². The van der Waals surface area contributed by atoms with E-state index in [4.69, 9.17) is 4.74 Å². The molecule has 0 bridgehead atoms. The van der Waals surface area contributed by atoms with Crippen LogP contribution in [-0.4, -0.2) is 42.1 Å². The van der Waals surface area contributed by atoms with E-state index in [0.717, 1.165) is 0 Å². The van der Waals surface area contributed by atoms with Crippen molar-refractivity contribution >= 4 is 35.5 Å². The molecule has 0 atom stereocenters. The second-order valence-electron chi connectivity index (χ2n) is 2.09. The van der Waals surface area contributed by atoms with Gasteiger partial charge in [-0.2, -0.15) is 0 Å². The summed E-state index contributed by atoms with van der Waals surface area (Å²) in [6.45, 7) is 2.22. The average molecular weight is 173 g/mol. The Bertz CT molecular complexity index is 234. The van der Waals surface area contributed by atoms with Crippen LogP contribution in [0.4, 0.5) is 0 Å². The van der Waals surface area contributed by atoms with E-state index in [1.807, 2.05) is 18.2 Å². The molecule has 1 aromatic carbocycles. The number of ether oxygens (including phenoxy) is 1. The third-order valence-electron chi connectivity index (χ3n) is 1.28. The first-order valence-corrected chi connectivity index (χ1v) is 3.56. The summed E-state index contributed by atoms with van der Waals surface area (Å²) >= 11 is 0. The number of carbonyl (C=O) groups is 1. The average Bonchev–Trinajstić information content (AvgIpc) is 2.07. The monoisotopic (exact) mass is 173 g/mol. The van der Waals surface area contributed by atoms with Gasteiger partial charge in [-0.05, 0) is 19.1 Å². The quantitative estimate of drug-likeness (QED) is 0.500. The summed E-state index contributed by atoms with van der Waals surface area (Å²) in [6.07, 6.45) is 0. The van der Waals surface area contributed by atoms with Gasteiger partial charge >= 0.3 is 5.97 Å². The summed E-state index contributed by atoms with van der Waals surface area (Å²) in [7, 11) is 0. The first-order chi connectivity index (χ1) is 5.34. The molecule has 0 aromatic heterocycles. The molecule has 0 saturated heterocycles. The van der Waals surface area contributed by atoms with Crippen LogP contribution in [0.3, 0.4) is 0 Å². The molecule has 2 nitrogen and oxygen atoms in total. The van der Waals surface area contributed by atoms with Crippen molar-refractivity contribution < 1.29 is 9.53 Å².